The monoisotopic (exact) mass is 260 g/mol. The summed E-state index contributed by atoms with van der Waals surface area (Å²) in [5, 5.41) is 1.04. The molecule has 0 aliphatic carbocycles. The van der Waals surface area contributed by atoms with Crippen LogP contribution < -0.4 is 5.48 Å². The average molecular weight is 260 g/mol. The molecule has 102 valence electrons. The predicted molar refractivity (Wildman–Crippen MR) is 76.1 cm³/mol. The van der Waals surface area contributed by atoms with Crippen molar-refractivity contribution in [3.05, 3.63) is 35.0 Å². The fourth-order valence-electron chi connectivity index (χ4n) is 1.99. The van der Waals surface area contributed by atoms with Gasteiger partial charge < -0.3 is 4.98 Å². The maximum Gasteiger partial charge on any atom is 0.291 e. The maximum atomic E-state index is 12.0. The van der Waals surface area contributed by atoms with Gasteiger partial charge in [-0.15, -0.1) is 0 Å². The molecule has 1 aromatic carbocycles. The number of hydrogen-bond acceptors (Lipinski definition) is 2. The van der Waals surface area contributed by atoms with Crippen molar-refractivity contribution in [2.24, 2.45) is 0 Å². The lowest BCUT2D eigenvalue weighted by Crippen LogP contribution is -2.33. The Labute approximate surface area is 113 Å². The summed E-state index contributed by atoms with van der Waals surface area (Å²) in [5.41, 5.74) is 5.87. The zero-order valence-electron chi connectivity index (χ0n) is 12.0. The summed E-state index contributed by atoms with van der Waals surface area (Å²) in [4.78, 5) is 20.4. The van der Waals surface area contributed by atoms with E-state index in [9.17, 15) is 4.79 Å². The number of carbonyl (C=O) groups excluding carboxylic acids is 1. The van der Waals surface area contributed by atoms with Gasteiger partial charge in [0.05, 0.1) is 5.60 Å². The third-order valence-corrected chi connectivity index (χ3v) is 2.76. The quantitative estimate of drug-likeness (QED) is 0.814. The number of H-pyrrole nitrogens is 1. The molecule has 0 bridgehead atoms. The second-order valence-electron chi connectivity index (χ2n) is 5.87. The molecule has 0 fully saturated rings. The van der Waals surface area contributed by atoms with E-state index in [1.165, 1.54) is 5.56 Å². The van der Waals surface area contributed by atoms with Crippen molar-refractivity contribution in [2.75, 3.05) is 0 Å². The lowest BCUT2D eigenvalue weighted by molar-refractivity contribution is -0.0591. The Balaban J connectivity index is 2.26. The van der Waals surface area contributed by atoms with Gasteiger partial charge in [-0.25, -0.2) is 5.48 Å². The number of aromatic amines is 1. The fourth-order valence-corrected chi connectivity index (χ4v) is 1.99. The summed E-state index contributed by atoms with van der Waals surface area (Å²) in [6.45, 7) is 9.71. The van der Waals surface area contributed by atoms with Gasteiger partial charge in [0.25, 0.3) is 5.91 Å². The van der Waals surface area contributed by atoms with E-state index in [-0.39, 0.29) is 5.91 Å². The Hall–Kier alpha value is -1.81. The van der Waals surface area contributed by atoms with Crippen LogP contribution in [-0.2, 0) is 4.84 Å². The predicted octanol–water partition coefficient (Wildman–Crippen LogP) is 3.24. The second-order valence-corrected chi connectivity index (χ2v) is 5.87. The summed E-state index contributed by atoms with van der Waals surface area (Å²) >= 11 is 0. The zero-order valence-corrected chi connectivity index (χ0v) is 12.0. The Kier molecular flexibility index (Phi) is 3.37. The molecule has 4 heteroatoms. The first-order valence-corrected chi connectivity index (χ1v) is 6.34. The minimum atomic E-state index is -0.409. The molecule has 1 amide bonds. The van der Waals surface area contributed by atoms with Crippen LogP contribution in [0.3, 0.4) is 0 Å². The SMILES string of the molecule is Cc1cc(C)c2[nH]c(C(=O)NOC(C)(C)C)cc2c1. The highest BCUT2D eigenvalue weighted by Gasteiger charge is 2.15. The molecule has 2 rings (SSSR count). The van der Waals surface area contributed by atoms with Crippen LogP contribution >= 0.6 is 0 Å². The molecular weight excluding hydrogens is 240 g/mol. The highest BCUT2D eigenvalue weighted by molar-refractivity contribution is 5.98. The number of amides is 1. The molecule has 0 aliphatic rings. The molecule has 2 N–H and O–H groups in total. The van der Waals surface area contributed by atoms with Crippen molar-refractivity contribution in [1.29, 1.82) is 0 Å². The number of rotatable bonds is 2. The molecule has 0 atom stereocenters. The van der Waals surface area contributed by atoms with Gasteiger partial charge in [0.2, 0.25) is 0 Å². The number of hydrogen-bond donors (Lipinski definition) is 2. The van der Waals surface area contributed by atoms with Gasteiger partial charge in [-0.1, -0.05) is 11.6 Å². The molecule has 0 saturated carbocycles. The summed E-state index contributed by atoms with van der Waals surface area (Å²) in [6.07, 6.45) is 0. The molecule has 0 saturated heterocycles. The largest absolute Gasteiger partial charge is 0.350 e. The maximum absolute atomic E-state index is 12.0. The van der Waals surface area contributed by atoms with Gasteiger partial charge in [0.15, 0.2) is 0 Å². The van der Waals surface area contributed by atoms with Crippen molar-refractivity contribution < 1.29 is 9.63 Å². The first-order chi connectivity index (χ1) is 8.76. The molecule has 0 radical (unpaired) electrons. The molecule has 4 nitrogen and oxygen atoms in total. The number of aryl methyl sites for hydroxylation is 2. The van der Waals surface area contributed by atoms with Crippen LogP contribution in [0.4, 0.5) is 0 Å². The summed E-state index contributed by atoms with van der Waals surface area (Å²) in [5.74, 6) is -0.261. The normalized spacial score (nSPS) is 11.8. The van der Waals surface area contributed by atoms with E-state index >= 15 is 0 Å². The fraction of sp³-hybridized carbons (Fsp3) is 0.400. The number of hydroxylamine groups is 1. The third kappa shape index (κ3) is 3.15. The Morgan fingerprint density at radius 1 is 1.21 bits per heavy atom. The van der Waals surface area contributed by atoms with Crippen LogP contribution in [-0.4, -0.2) is 16.5 Å². The van der Waals surface area contributed by atoms with Gasteiger partial charge in [-0.3, -0.25) is 9.63 Å². The first-order valence-electron chi connectivity index (χ1n) is 6.34. The summed E-state index contributed by atoms with van der Waals surface area (Å²) < 4.78 is 0. The third-order valence-electron chi connectivity index (χ3n) is 2.76. The van der Waals surface area contributed by atoms with E-state index in [1.54, 1.807) is 0 Å². The van der Waals surface area contributed by atoms with Crippen LogP contribution in [0.15, 0.2) is 18.2 Å². The van der Waals surface area contributed by atoms with Crippen LogP contribution in [0.2, 0.25) is 0 Å². The molecule has 19 heavy (non-hydrogen) atoms. The number of nitrogens with one attached hydrogen (secondary N) is 2. The van der Waals surface area contributed by atoms with Gasteiger partial charge in [-0.2, -0.15) is 0 Å². The minimum Gasteiger partial charge on any atom is -0.350 e. The molecule has 0 spiro atoms. The minimum absolute atomic E-state index is 0.261. The average Bonchev–Trinajstić information content (AvgIpc) is 2.68. The lowest BCUT2D eigenvalue weighted by atomic mass is 10.1. The van der Waals surface area contributed by atoms with E-state index in [0.717, 1.165) is 16.5 Å². The van der Waals surface area contributed by atoms with Gasteiger partial charge in [0.1, 0.15) is 5.69 Å². The van der Waals surface area contributed by atoms with Crippen molar-refractivity contribution >= 4 is 16.8 Å². The van der Waals surface area contributed by atoms with E-state index in [1.807, 2.05) is 40.7 Å². The van der Waals surface area contributed by atoms with Crippen LogP contribution in [0.25, 0.3) is 10.9 Å². The van der Waals surface area contributed by atoms with Crippen molar-refractivity contribution in [1.82, 2.24) is 10.5 Å². The number of aromatic nitrogens is 1. The molecule has 0 aliphatic heterocycles. The number of carbonyl (C=O) groups is 1. The van der Waals surface area contributed by atoms with Crippen molar-refractivity contribution in [3.8, 4) is 0 Å². The van der Waals surface area contributed by atoms with E-state index in [2.05, 4.69) is 22.6 Å². The van der Waals surface area contributed by atoms with E-state index in [0.29, 0.717) is 5.69 Å². The van der Waals surface area contributed by atoms with E-state index < -0.39 is 5.60 Å². The standard InChI is InChI=1S/C15H20N2O2/c1-9-6-10(2)13-11(7-9)8-12(16-13)14(18)17-19-15(3,4)5/h6-8,16H,1-5H3,(H,17,18). The topological polar surface area (TPSA) is 54.1 Å². The Bertz CT molecular complexity index is 621. The first kappa shape index (κ1) is 13.6. The lowest BCUT2D eigenvalue weighted by Gasteiger charge is -2.18. The van der Waals surface area contributed by atoms with E-state index in [4.69, 9.17) is 4.84 Å². The Morgan fingerprint density at radius 2 is 1.89 bits per heavy atom. The summed E-state index contributed by atoms with van der Waals surface area (Å²) in [7, 11) is 0. The molecule has 1 heterocycles. The van der Waals surface area contributed by atoms with Gasteiger partial charge >= 0.3 is 0 Å². The van der Waals surface area contributed by atoms with Crippen LogP contribution in [0.1, 0.15) is 42.4 Å². The van der Waals surface area contributed by atoms with Gasteiger partial charge in [-0.05, 0) is 52.3 Å². The molecule has 1 aromatic heterocycles. The zero-order chi connectivity index (χ0) is 14.2. The highest BCUT2D eigenvalue weighted by Crippen LogP contribution is 2.21. The van der Waals surface area contributed by atoms with Crippen LogP contribution in [0.5, 0.6) is 0 Å². The smallest absolute Gasteiger partial charge is 0.291 e. The number of fused-ring (bicyclic) bond motifs is 1. The van der Waals surface area contributed by atoms with Crippen molar-refractivity contribution in [3.63, 3.8) is 0 Å². The van der Waals surface area contributed by atoms with Crippen LogP contribution in [0, 0.1) is 13.8 Å². The van der Waals surface area contributed by atoms with Gasteiger partial charge in [0, 0.05) is 10.9 Å². The highest BCUT2D eigenvalue weighted by atomic mass is 16.7. The second kappa shape index (κ2) is 4.70. The summed E-state index contributed by atoms with van der Waals surface area (Å²) in [6, 6.07) is 5.99. The Morgan fingerprint density at radius 3 is 2.53 bits per heavy atom. The number of benzene rings is 1. The molecular formula is C15H20N2O2. The molecule has 2 aromatic rings. The van der Waals surface area contributed by atoms with Crippen molar-refractivity contribution in [2.45, 2.75) is 40.2 Å². The molecule has 0 unspecified atom stereocenters.